The van der Waals surface area contributed by atoms with Crippen LogP contribution in [0.15, 0.2) is 30.5 Å². The first kappa shape index (κ1) is 14.6. The van der Waals surface area contributed by atoms with E-state index in [1.807, 2.05) is 35.1 Å². The van der Waals surface area contributed by atoms with Crippen LogP contribution in [0, 0.1) is 0 Å². The summed E-state index contributed by atoms with van der Waals surface area (Å²) in [5.41, 5.74) is 3.52. The zero-order valence-electron chi connectivity index (χ0n) is 12.2. The molecule has 0 radical (unpaired) electrons. The van der Waals surface area contributed by atoms with Crippen LogP contribution in [0.5, 0.6) is 0 Å². The lowest BCUT2D eigenvalue weighted by Crippen LogP contribution is -2.19. The van der Waals surface area contributed by atoms with Crippen molar-refractivity contribution >= 4 is 11.6 Å². The molecule has 4 nitrogen and oxygen atoms in total. The van der Waals surface area contributed by atoms with E-state index < -0.39 is 0 Å². The van der Waals surface area contributed by atoms with Gasteiger partial charge in [-0.1, -0.05) is 23.7 Å². The Labute approximate surface area is 130 Å². The highest BCUT2D eigenvalue weighted by molar-refractivity contribution is 6.32. The van der Waals surface area contributed by atoms with E-state index in [1.165, 1.54) is 24.1 Å². The summed E-state index contributed by atoms with van der Waals surface area (Å²) in [6.07, 6.45) is 4.43. The van der Waals surface area contributed by atoms with Crippen molar-refractivity contribution in [3.8, 4) is 5.69 Å². The quantitative estimate of drug-likeness (QED) is 0.799. The van der Waals surface area contributed by atoms with Crippen LogP contribution in [0.3, 0.4) is 0 Å². The molecular weight excluding hydrogens is 286 g/mol. The van der Waals surface area contributed by atoms with Gasteiger partial charge in [-0.15, -0.1) is 0 Å². The molecule has 1 aliphatic rings. The van der Waals surface area contributed by atoms with Crippen LogP contribution in [0.25, 0.3) is 5.69 Å². The first-order chi connectivity index (χ1) is 10.3. The number of hydrogen-bond acceptors (Lipinski definition) is 3. The molecule has 2 aromatic rings. The summed E-state index contributed by atoms with van der Waals surface area (Å²) in [7, 11) is 1.72. The number of hydrogen-bond donors (Lipinski definition) is 1. The van der Waals surface area contributed by atoms with Gasteiger partial charge < -0.3 is 10.1 Å². The van der Waals surface area contributed by atoms with Crippen LogP contribution in [0.4, 0.5) is 0 Å². The Morgan fingerprint density at radius 1 is 1.38 bits per heavy atom. The highest BCUT2D eigenvalue weighted by Crippen LogP contribution is 2.43. The Hall–Kier alpha value is -1.36. The van der Waals surface area contributed by atoms with Gasteiger partial charge in [-0.05, 0) is 25.0 Å². The number of methoxy groups -OCH3 is 1. The molecule has 21 heavy (non-hydrogen) atoms. The summed E-state index contributed by atoms with van der Waals surface area (Å²) in [5.74, 6) is 0.614. The number of nitrogens with zero attached hydrogens (tertiary/aromatic N) is 2. The summed E-state index contributed by atoms with van der Waals surface area (Å²) in [5, 5.41) is 8.70. The number of aromatic nitrogens is 2. The number of rotatable bonds is 7. The molecule has 1 fully saturated rings. The molecule has 112 valence electrons. The summed E-state index contributed by atoms with van der Waals surface area (Å²) in [6.45, 7) is 2.38. The molecule has 0 bridgehead atoms. The standard InChI is InChI=1S/C16H20ClN3O/c1-21-9-8-18-10-13-11-19-20(16(13)12-6-7-12)15-5-3-2-4-14(15)17/h2-5,11-12,18H,6-10H2,1H3. The first-order valence-corrected chi connectivity index (χ1v) is 7.70. The first-order valence-electron chi connectivity index (χ1n) is 7.32. The van der Waals surface area contributed by atoms with Crippen molar-refractivity contribution in [1.82, 2.24) is 15.1 Å². The molecule has 0 atom stereocenters. The van der Waals surface area contributed by atoms with E-state index in [4.69, 9.17) is 16.3 Å². The molecule has 5 heteroatoms. The minimum atomic E-state index is 0.614. The van der Waals surface area contributed by atoms with Crippen molar-refractivity contribution in [1.29, 1.82) is 0 Å². The molecular formula is C16H20ClN3O. The lowest BCUT2D eigenvalue weighted by molar-refractivity contribution is 0.199. The third-order valence-electron chi connectivity index (χ3n) is 3.73. The summed E-state index contributed by atoms with van der Waals surface area (Å²) in [4.78, 5) is 0. The van der Waals surface area contributed by atoms with E-state index >= 15 is 0 Å². The molecule has 0 spiro atoms. The monoisotopic (exact) mass is 305 g/mol. The number of nitrogens with one attached hydrogen (secondary N) is 1. The van der Waals surface area contributed by atoms with Gasteiger partial charge in [0.1, 0.15) is 0 Å². The average Bonchev–Trinajstić information content (AvgIpc) is 3.25. The van der Waals surface area contributed by atoms with E-state index in [0.717, 1.165) is 30.4 Å². The molecule has 1 saturated carbocycles. The van der Waals surface area contributed by atoms with E-state index in [2.05, 4.69) is 10.4 Å². The maximum absolute atomic E-state index is 6.32. The van der Waals surface area contributed by atoms with Crippen LogP contribution in [-0.4, -0.2) is 30.0 Å². The number of para-hydroxylation sites is 1. The van der Waals surface area contributed by atoms with Gasteiger partial charge in [-0.3, -0.25) is 0 Å². The Kier molecular flexibility index (Phi) is 4.58. The van der Waals surface area contributed by atoms with Crippen molar-refractivity contribution in [2.45, 2.75) is 25.3 Å². The van der Waals surface area contributed by atoms with Crippen LogP contribution in [-0.2, 0) is 11.3 Å². The van der Waals surface area contributed by atoms with Gasteiger partial charge in [0.25, 0.3) is 0 Å². The van der Waals surface area contributed by atoms with E-state index in [0.29, 0.717) is 5.92 Å². The van der Waals surface area contributed by atoms with Gasteiger partial charge in [0.15, 0.2) is 0 Å². The zero-order chi connectivity index (χ0) is 14.7. The Morgan fingerprint density at radius 3 is 2.90 bits per heavy atom. The van der Waals surface area contributed by atoms with E-state index in [9.17, 15) is 0 Å². The van der Waals surface area contributed by atoms with Gasteiger partial charge in [0.05, 0.1) is 29.2 Å². The van der Waals surface area contributed by atoms with E-state index in [1.54, 1.807) is 7.11 Å². The molecule has 1 aliphatic carbocycles. The molecule has 1 heterocycles. The fourth-order valence-electron chi connectivity index (χ4n) is 2.53. The third kappa shape index (κ3) is 3.28. The maximum Gasteiger partial charge on any atom is 0.0835 e. The van der Waals surface area contributed by atoms with Crippen molar-refractivity contribution in [3.63, 3.8) is 0 Å². The highest BCUT2D eigenvalue weighted by Gasteiger charge is 2.30. The molecule has 3 rings (SSSR count). The molecule has 1 aromatic carbocycles. The lowest BCUT2D eigenvalue weighted by atomic mass is 10.1. The fraction of sp³-hybridized carbons (Fsp3) is 0.438. The van der Waals surface area contributed by atoms with Crippen molar-refractivity contribution in [2.24, 2.45) is 0 Å². The predicted octanol–water partition coefficient (Wildman–Crippen LogP) is 3.14. The molecule has 1 N–H and O–H groups in total. The van der Waals surface area contributed by atoms with Gasteiger partial charge in [0.2, 0.25) is 0 Å². The van der Waals surface area contributed by atoms with E-state index in [-0.39, 0.29) is 0 Å². The Balaban J connectivity index is 1.85. The van der Waals surface area contributed by atoms with Gasteiger partial charge in [-0.25, -0.2) is 4.68 Å². The molecule has 0 saturated heterocycles. The van der Waals surface area contributed by atoms with Crippen molar-refractivity contribution < 1.29 is 4.74 Å². The van der Waals surface area contributed by atoms with Gasteiger partial charge in [0, 0.05) is 31.7 Å². The van der Waals surface area contributed by atoms with Crippen molar-refractivity contribution in [3.05, 3.63) is 46.7 Å². The molecule has 0 amide bonds. The summed E-state index contributed by atoms with van der Waals surface area (Å²) in [6, 6.07) is 7.87. The molecule has 0 unspecified atom stereocenters. The fourth-order valence-corrected chi connectivity index (χ4v) is 2.75. The van der Waals surface area contributed by atoms with Crippen LogP contribution in [0.1, 0.15) is 30.0 Å². The predicted molar refractivity (Wildman–Crippen MR) is 84.1 cm³/mol. The highest BCUT2D eigenvalue weighted by atomic mass is 35.5. The van der Waals surface area contributed by atoms with Crippen molar-refractivity contribution in [2.75, 3.05) is 20.3 Å². The van der Waals surface area contributed by atoms with Crippen LogP contribution >= 0.6 is 11.6 Å². The summed E-state index contributed by atoms with van der Waals surface area (Å²) >= 11 is 6.32. The average molecular weight is 306 g/mol. The topological polar surface area (TPSA) is 39.1 Å². The normalized spacial score (nSPS) is 14.6. The summed E-state index contributed by atoms with van der Waals surface area (Å²) < 4.78 is 7.07. The second-order valence-electron chi connectivity index (χ2n) is 5.36. The Bertz CT molecular complexity index is 607. The Morgan fingerprint density at radius 2 is 2.19 bits per heavy atom. The van der Waals surface area contributed by atoms with Gasteiger partial charge >= 0.3 is 0 Å². The third-order valence-corrected chi connectivity index (χ3v) is 4.05. The lowest BCUT2D eigenvalue weighted by Gasteiger charge is -2.11. The SMILES string of the molecule is COCCNCc1cnn(-c2ccccc2Cl)c1C1CC1. The molecule has 1 aromatic heterocycles. The second-order valence-corrected chi connectivity index (χ2v) is 5.77. The second kappa shape index (κ2) is 6.60. The smallest absolute Gasteiger partial charge is 0.0835 e. The minimum absolute atomic E-state index is 0.614. The molecule has 0 aliphatic heterocycles. The largest absolute Gasteiger partial charge is 0.383 e. The van der Waals surface area contributed by atoms with Crippen LogP contribution < -0.4 is 5.32 Å². The number of benzene rings is 1. The van der Waals surface area contributed by atoms with Crippen LogP contribution in [0.2, 0.25) is 5.02 Å². The number of halogens is 1. The zero-order valence-corrected chi connectivity index (χ0v) is 12.9. The number of ether oxygens (including phenoxy) is 1. The minimum Gasteiger partial charge on any atom is -0.383 e. The maximum atomic E-state index is 6.32. The van der Waals surface area contributed by atoms with Gasteiger partial charge in [-0.2, -0.15) is 5.10 Å².